The summed E-state index contributed by atoms with van der Waals surface area (Å²) >= 11 is 0. The number of hydrogen-bond acceptors (Lipinski definition) is 3. The van der Waals surface area contributed by atoms with E-state index in [0.29, 0.717) is 13.0 Å². The Morgan fingerprint density at radius 3 is 2.45 bits per heavy atom. The van der Waals surface area contributed by atoms with Crippen LogP contribution in [0.15, 0.2) is 24.5 Å². The van der Waals surface area contributed by atoms with Crippen molar-refractivity contribution in [2.45, 2.75) is 26.3 Å². The number of urea groups is 1. The molecule has 0 aromatic carbocycles. The van der Waals surface area contributed by atoms with Crippen LogP contribution in [0.4, 0.5) is 4.79 Å². The average Bonchev–Trinajstić information content (AvgIpc) is 2.42. The predicted octanol–water partition coefficient (Wildman–Crippen LogP) is 1.37. The van der Waals surface area contributed by atoms with Crippen LogP contribution in [-0.4, -0.2) is 46.6 Å². The van der Waals surface area contributed by atoms with E-state index in [2.05, 4.69) is 10.3 Å². The molecule has 0 unspecified atom stereocenters. The molecule has 1 aromatic rings. The number of nitrogens with zero attached hydrogens (tertiary/aromatic N) is 2. The first-order valence-electron chi connectivity index (χ1n) is 6.55. The highest BCUT2D eigenvalue weighted by atomic mass is 16.4. The normalized spacial score (nSPS) is 12.0. The highest BCUT2D eigenvalue weighted by molar-refractivity contribution is 5.82. The van der Waals surface area contributed by atoms with E-state index in [0.717, 1.165) is 5.56 Å². The molecular formula is C14H21N3O3. The quantitative estimate of drug-likeness (QED) is 0.824. The number of hydrogen-bond donors (Lipinski definition) is 2. The van der Waals surface area contributed by atoms with Crippen molar-refractivity contribution in [3.8, 4) is 0 Å². The minimum absolute atomic E-state index is 0.162. The number of nitrogens with one attached hydrogen (secondary N) is 1. The molecule has 0 saturated heterocycles. The highest BCUT2D eigenvalue weighted by Gasteiger charge is 2.24. The molecule has 1 atom stereocenters. The Balaban J connectivity index is 2.48. The lowest BCUT2D eigenvalue weighted by atomic mass is 10.1. The fourth-order valence-electron chi connectivity index (χ4n) is 1.70. The van der Waals surface area contributed by atoms with Gasteiger partial charge in [0, 0.05) is 26.0 Å². The van der Waals surface area contributed by atoms with Crippen molar-refractivity contribution in [3.05, 3.63) is 30.1 Å². The number of carboxylic acids is 1. The van der Waals surface area contributed by atoms with E-state index in [1.165, 1.54) is 4.90 Å². The lowest BCUT2D eigenvalue weighted by Gasteiger charge is -2.23. The number of likely N-dealkylation sites (N-methyl/N-ethyl adjacent to an activating group) is 1. The van der Waals surface area contributed by atoms with E-state index in [-0.39, 0.29) is 11.9 Å². The van der Waals surface area contributed by atoms with Crippen LogP contribution in [0.5, 0.6) is 0 Å². The van der Waals surface area contributed by atoms with Crippen molar-refractivity contribution < 1.29 is 14.7 Å². The zero-order valence-corrected chi connectivity index (χ0v) is 12.0. The van der Waals surface area contributed by atoms with Crippen molar-refractivity contribution >= 4 is 12.0 Å². The summed E-state index contributed by atoms with van der Waals surface area (Å²) in [6, 6.07) is 2.53. The van der Waals surface area contributed by atoms with Gasteiger partial charge >= 0.3 is 12.0 Å². The molecule has 6 nitrogen and oxygen atoms in total. The molecule has 0 bridgehead atoms. The molecule has 110 valence electrons. The fourth-order valence-corrected chi connectivity index (χ4v) is 1.70. The number of aliphatic carboxylic acids is 1. The van der Waals surface area contributed by atoms with E-state index < -0.39 is 12.0 Å². The van der Waals surface area contributed by atoms with E-state index in [1.54, 1.807) is 33.3 Å². The molecule has 20 heavy (non-hydrogen) atoms. The molecule has 0 spiro atoms. The molecule has 2 amide bonds. The van der Waals surface area contributed by atoms with Crippen molar-refractivity contribution in [3.63, 3.8) is 0 Å². The van der Waals surface area contributed by atoms with Gasteiger partial charge < -0.3 is 15.3 Å². The molecule has 6 heteroatoms. The molecule has 0 aliphatic heterocycles. The number of pyridine rings is 1. The smallest absolute Gasteiger partial charge is 0.326 e. The SMILES string of the molecule is CC(C)[C@@H](NC(=O)N(C)CCc1ccncc1)C(=O)O. The van der Waals surface area contributed by atoms with Crippen LogP contribution in [0.2, 0.25) is 0 Å². The van der Waals surface area contributed by atoms with Crippen LogP contribution in [0, 0.1) is 5.92 Å². The van der Waals surface area contributed by atoms with Gasteiger partial charge in [-0.25, -0.2) is 9.59 Å². The lowest BCUT2D eigenvalue weighted by Crippen LogP contribution is -2.49. The summed E-state index contributed by atoms with van der Waals surface area (Å²) in [6.07, 6.45) is 4.11. The fraction of sp³-hybridized carbons (Fsp3) is 0.500. The summed E-state index contributed by atoms with van der Waals surface area (Å²) in [5.74, 6) is -1.18. The Morgan fingerprint density at radius 1 is 1.35 bits per heavy atom. The third-order valence-corrected chi connectivity index (χ3v) is 3.04. The summed E-state index contributed by atoms with van der Waals surface area (Å²) in [7, 11) is 1.65. The van der Waals surface area contributed by atoms with E-state index in [1.807, 2.05) is 12.1 Å². The monoisotopic (exact) mass is 279 g/mol. The number of carbonyl (C=O) groups is 2. The molecule has 1 rings (SSSR count). The molecular weight excluding hydrogens is 258 g/mol. The molecule has 2 N–H and O–H groups in total. The number of aromatic nitrogens is 1. The first kappa shape index (κ1) is 15.9. The summed E-state index contributed by atoms with van der Waals surface area (Å²) in [5, 5.41) is 11.6. The molecule has 0 aliphatic carbocycles. The van der Waals surface area contributed by atoms with Crippen LogP contribution in [0.25, 0.3) is 0 Å². The second kappa shape index (κ2) is 7.47. The highest BCUT2D eigenvalue weighted by Crippen LogP contribution is 2.03. The number of amides is 2. The molecule has 1 aromatic heterocycles. The second-order valence-corrected chi connectivity index (χ2v) is 5.04. The summed E-state index contributed by atoms with van der Waals surface area (Å²) in [5.41, 5.74) is 1.08. The topological polar surface area (TPSA) is 82.5 Å². The Morgan fingerprint density at radius 2 is 1.95 bits per heavy atom. The standard InChI is InChI=1S/C14H21N3O3/c1-10(2)12(13(18)19)16-14(20)17(3)9-6-11-4-7-15-8-5-11/h4-5,7-8,10,12H,6,9H2,1-3H3,(H,16,20)(H,18,19)/t12-/m1/s1. The van der Waals surface area contributed by atoms with Gasteiger partial charge in [-0.15, -0.1) is 0 Å². The zero-order chi connectivity index (χ0) is 15.1. The van der Waals surface area contributed by atoms with Gasteiger partial charge in [-0.1, -0.05) is 13.8 Å². The van der Waals surface area contributed by atoms with E-state index in [9.17, 15) is 9.59 Å². The van der Waals surface area contributed by atoms with Gasteiger partial charge in [0.05, 0.1) is 0 Å². The Labute approximate surface area is 118 Å². The maximum absolute atomic E-state index is 11.9. The second-order valence-electron chi connectivity index (χ2n) is 5.04. The third kappa shape index (κ3) is 4.87. The number of carboxylic acid groups (broad SMARTS) is 1. The van der Waals surface area contributed by atoms with Crippen LogP contribution in [0.3, 0.4) is 0 Å². The summed E-state index contributed by atoms with van der Waals surface area (Å²) in [4.78, 5) is 28.4. The molecule has 1 heterocycles. The lowest BCUT2D eigenvalue weighted by molar-refractivity contribution is -0.140. The van der Waals surface area contributed by atoms with Crippen molar-refractivity contribution in [1.29, 1.82) is 0 Å². The van der Waals surface area contributed by atoms with Gasteiger partial charge in [-0.3, -0.25) is 4.98 Å². The van der Waals surface area contributed by atoms with Crippen LogP contribution in [-0.2, 0) is 11.2 Å². The minimum atomic E-state index is -1.02. The van der Waals surface area contributed by atoms with E-state index >= 15 is 0 Å². The Kier molecular flexibility index (Phi) is 5.96. The first-order chi connectivity index (χ1) is 9.41. The van der Waals surface area contributed by atoms with Crippen molar-refractivity contribution in [2.24, 2.45) is 5.92 Å². The summed E-state index contributed by atoms with van der Waals surface area (Å²) in [6.45, 7) is 4.03. The maximum Gasteiger partial charge on any atom is 0.326 e. The third-order valence-electron chi connectivity index (χ3n) is 3.04. The van der Waals surface area contributed by atoms with Gasteiger partial charge in [0.25, 0.3) is 0 Å². The first-order valence-corrected chi connectivity index (χ1v) is 6.55. The maximum atomic E-state index is 11.9. The largest absolute Gasteiger partial charge is 0.480 e. The molecule has 0 saturated carbocycles. The molecule has 0 aliphatic rings. The van der Waals surface area contributed by atoms with Gasteiger partial charge in [0.2, 0.25) is 0 Å². The summed E-state index contributed by atoms with van der Waals surface area (Å²) < 4.78 is 0. The van der Waals surface area contributed by atoms with Crippen LogP contribution in [0.1, 0.15) is 19.4 Å². The number of rotatable bonds is 6. The van der Waals surface area contributed by atoms with Gasteiger partial charge in [-0.05, 0) is 30.0 Å². The average molecular weight is 279 g/mol. The Bertz CT molecular complexity index is 448. The zero-order valence-electron chi connectivity index (χ0n) is 12.0. The minimum Gasteiger partial charge on any atom is -0.480 e. The van der Waals surface area contributed by atoms with E-state index in [4.69, 9.17) is 5.11 Å². The molecule has 0 radical (unpaired) electrons. The molecule has 0 fully saturated rings. The predicted molar refractivity (Wildman–Crippen MR) is 75.4 cm³/mol. The van der Waals surface area contributed by atoms with Gasteiger partial charge in [-0.2, -0.15) is 0 Å². The van der Waals surface area contributed by atoms with Crippen LogP contribution < -0.4 is 5.32 Å². The Hall–Kier alpha value is -2.11. The van der Waals surface area contributed by atoms with Gasteiger partial charge in [0.1, 0.15) is 6.04 Å². The van der Waals surface area contributed by atoms with Crippen molar-refractivity contribution in [2.75, 3.05) is 13.6 Å². The van der Waals surface area contributed by atoms with Crippen LogP contribution >= 0.6 is 0 Å². The van der Waals surface area contributed by atoms with Gasteiger partial charge in [0.15, 0.2) is 0 Å². The van der Waals surface area contributed by atoms with Crippen molar-refractivity contribution in [1.82, 2.24) is 15.2 Å². The number of carbonyl (C=O) groups excluding carboxylic acids is 1.